The highest BCUT2D eigenvalue weighted by Gasteiger charge is 1.98. The topological polar surface area (TPSA) is 38.3 Å². The summed E-state index contributed by atoms with van der Waals surface area (Å²) in [6, 6.07) is 0. The van der Waals surface area contributed by atoms with E-state index >= 15 is 0 Å². The number of nitrogens with one attached hydrogen (secondary N) is 1. The third-order valence-electron chi connectivity index (χ3n) is 4.37. The van der Waals surface area contributed by atoms with E-state index in [-0.39, 0.29) is 5.97 Å². The van der Waals surface area contributed by atoms with Crippen LogP contribution in [-0.4, -0.2) is 19.6 Å². The van der Waals surface area contributed by atoms with E-state index in [1.807, 2.05) is 0 Å². The third-order valence-corrected chi connectivity index (χ3v) is 4.37. The fourth-order valence-electron chi connectivity index (χ4n) is 2.80. The maximum absolute atomic E-state index is 11.0. The van der Waals surface area contributed by atoms with Gasteiger partial charge in [-0.25, -0.2) is 0 Å². The van der Waals surface area contributed by atoms with E-state index < -0.39 is 0 Å². The van der Waals surface area contributed by atoms with E-state index in [9.17, 15) is 4.79 Å². The van der Waals surface area contributed by atoms with E-state index in [1.54, 1.807) is 0 Å². The molecule has 0 saturated heterocycles. The molecule has 0 aliphatic heterocycles. The van der Waals surface area contributed by atoms with Gasteiger partial charge in [0, 0.05) is 18.7 Å². The molecule has 3 heteroatoms. The molecule has 0 aromatic rings. The normalized spacial score (nSPS) is 11.0. The highest BCUT2D eigenvalue weighted by atomic mass is 16.5. The number of allylic oxidation sites excluding steroid dienone is 3. The van der Waals surface area contributed by atoms with Crippen molar-refractivity contribution in [3.8, 4) is 0 Å². The lowest BCUT2D eigenvalue weighted by Gasteiger charge is -2.07. The summed E-state index contributed by atoms with van der Waals surface area (Å²) >= 11 is 0. The van der Waals surface area contributed by atoms with Crippen molar-refractivity contribution in [3.63, 3.8) is 0 Å². The van der Waals surface area contributed by atoms with E-state index in [4.69, 9.17) is 0 Å². The van der Waals surface area contributed by atoms with Crippen LogP contribution in [0.2, 0.25) is 0 Å². The summed E-state index contributed by atoms with van der Waals surface area (Å²) in [5.74, 6) is -0.0787. The van der Waals surface area contributed by atoms with Crippen molar-refractivity contribution in [1.29, 1.82) is 0 Å². The molecule has 0 aliphatic carbocycles. The average molecular weight is 352 g/mol. The van der Waals surface area contributed by atoms with Crippen LogP contribution in [-0.2, 0) is 9.53 Å². The van der Waals surface area contributed by atoms with Crippen LogP contribution in [0, 0.1) is 0 Å². The molecule has 0 aromatic carbocycles. The number of unbranched alkanes of at least 4 members (excludes halogenated alkanes) is 9. The highest BCUT2D eigenvalue weighted by molar-refractivity contribution is 5.68. The van der Waals surface area contributed by atoms with Crippen LogP contribution in [0.15, 0.2) is 24.4 Å². The zero-order chi connectivity index (χ0) is 18.6. The smallest absolute Gasteiger partial charge is 0.305 e. The highest BCUT2D eigenvalue weighted by Crippen LogP contribution is 2.10. The summed E-state index contributed by atoms with van der Waals surface area (Å²) in [6.07, 6.45) is 21.0. The van der Waals surface area contributed by atoms with Gasteiger partial charge in [-0.05, 0) is 44.9 Å². The van der Waals surface area contributed by atoms with Gasteiger partial charge in [0.1, 0.15) is 0 Å². The van der Waals surface area contributed by atoms with E-state index in [0.29, 0.717) is 6.42 Å². The Bertz CT molecular complexity index is 350. The third kappa shape index (κ3) is 18.9. The first kappa shape index (κ1) is 23.8. The lowest BCUT2D eigenvalue weighted by atomic mass is 10.1. The minimum Gasteiger partial charge on any atom is -0.469 e. The van der Waals surface area contributed by atoms with Crippen molar-refractivity contribution in [2.75, 3.05) is 13.7 Å². The van der Waals surface area contributed by atoms with Crippen LogP contribution < -0.4 is 5.32 Å². The van der Waals surface area contributed by atoms with E-state index in [0.717, 1.165) is 25.8 Å². The lowest BCUT2D eigenvalue weighted by Crippen LogP contribution is -2.13. The Labute approximate surface area is 156 Å². The number of carbonyl (C=O) groups is 1. The Morgan fingerprint density at radius 3 is 2.04 bits per heavy atom. The second-order valence-electron chi connectivity index (χ2n) is 6.84. The molecule has 3 nitrogen and oxygen atoms in total. The van der Waals surface area contributed by atoms with Gasteiger partial charge in [0.05, 0.1) is 7.11 Å². The van der Waals surface area contributed by atoms with Crippen LogP contribution in [0.3, 0.4) is 0 Å². The Hall–Kier alpha value is -1.25. The summed E-state index contributed by atoms with van der Waals surface area (Å²) in [6.45, 7) is 7.26. The summed E-state index contributed by atoms with van der Waals surface area (Å²) in [5.41, 5.74) is 1.18. The van der Waals surface area contributed by atoms with Crippen LogP contribution in [0.25, 0.3) is 0 Å². The molecular formula is C22H41NO2. The molecule has 0 saturated carbocycles. The maximum Gasteiger partial charge on any atom is 0.305 e. The van der Waals surface area contributed by atoms with Gasteiger partial charge in [-0.2, -0.15) is 0 Å². The van der Waals surface area contributed by atoms with Crippen LogP contribution in [0.5, 0.6) is 0 Å². The molecule has 0 aromatic heterocycles. The van der Waals surface area contributed by atoms with Crippen molar-refractivity contribution < 1.29 is 9.53 Å². The predicted octanol–water partition coefficient (Wildman–Crippen LogP) is 6.30. The summed E-state index contributed by atoms with van der Waals surface area (Å²) in [4.78, 5) is 11.0. The van der Waals surface area contributed by atoms with E-state index in [1.165, 1.54) is 77.0 Å². The number of carbonyl (C=O) groups excluding carboxylic acids is 1. The molecule has 0 heterocycles. The van der Waals surface area contributed by atoms with Gasteiger partial charge >= 0.3 is 5.97 Å². The summed E-state index contributed by atoms with van der Waals surface area (Å²) < 4.78 is 4.64. The molecule has 0 unspecified atom stereocenters. The molecule has 0 radical (unpaired) electrons. The Balaban J connectivity index is 3.18. The minimum absolute atomic E-state index is 0.0787. The number of hydrogen-bond donors (Lipinski definition) is 1. The van der Waals surface area contributed by atoms with Crippen LogP contribution in [0.4, 0.5) is 0 Å². The molecule has 0 atom stereocenters. The standard InChI is InChI=1S/C22H41NO2/c1-4-18-21(2)23-20-17-15-13-11-9-7-5-6-8-10-12-14-16-19-22(24)25-3/h9,11,23H,2,4-8,10,12-20H2,1,3H3/b11-9-. The second kappa shape index (κ2) is 19.1. The van der Waals surface area contributed by atoms with Crippen molar-refractivity contribution in [1.82, 2.24) is 5.32 Å². The van der Waals surface area contributed by atoms with Crippen LogP contribution in [0.1, 0.15) is 96.8 Å². The SMILES string of the molecule is C=C(CCC)NCCCC/C=C\CCCCCCCCCC(=O)OC. The van der Waals surface area contributed by atoms with Crippen molar-refractivity contribution in [3.05, 3.63) is 24.4 Å². The first-order valence-electron chi connectivity index (χ1n) is 10.3. The molecule has 1 N–H and O–H groups in total. The molecule has 25 heavy (non-hydrogen) atoms. The molecule has 0 spiro atoms. The molecule has 0 aliphatic rings. The van der Waals surface area contributed by atoms with Crippen molar-refractivity contribution in [2.24, 2.45) is 0 Å². The molecule has 146 valence electrons. The molecule has 0 fully saturated rings. The van der Waals surface area contributed by atoms with Gasteiger partial charge in [0.15, 0.2) is 0 Å². The van der Waals surface area contributed by atoms with Crippen molar-refractivity contribution in [2.45, 2.75) is 96.8 Å². The fourth-order valence-corrected chi connectivity index (χ4v) is 2.80. The monoisotopic (exact) mass is 351 g/mol. The quantitative estimate of drug-likeness (QED) is 0.179. The Morgan fingerprint density at radius 2 is 1.44 bits per heavy atom. The van der Waals surface area contributed by atoms with Gasteiger partial charge in [-0.3, -0.25) is 4.79 Å². The lowest BCUT2D eigenvalue weighted by molar-refractivity contribution is -0.140. The number of ether oxygens (including phenoxy) is 1. The Morgan fingerprint density at radius 1 is 0.880 bits per heavy atom. The van der Waals surface area contributed by atoms with Gasteiger partial charge in [0.2, 0.25) is 0 Å². The first-order valence-corrected chi connectivity index (χ1v) is 10.3. The molecule has 0 bridgehead atoms. The Kier molecular flexibility index (Phi) is 18.1. The molecular weight excluding hydrogens is 310 g/mol. The van der Waals surface area contributed by atoms with Crippen molar-refractivity contribution >= 4 is 5.97 Å². The van der Waals surface area contributed by atoms with Gasteiger partial charge < -0.3 is 10.1 Å². The zero-order valence-corrected chi connectivity index (χ0v) is 16.8. The van der Waals surface area contributed by atoms with E-state index in [2.05, 4.69) is 35.7 Å². The number of esters is 1. The summed E-state index contributed by atoms with van der Waals surface area (Å²) in [5, 5.41) is 3.39. The molecule has 0 amide bonds. The van der Waals surface area contributed by atoms with Gasteiger partial charge in [-0.15, -0.1) is 0 Å². The average Bonchev–Trinajstić information content (AvgIpc) is 2.61. The fraction of sp³-hybridized carbons (Fsp3) is 0.773. The number of hydrogen-bond acceptors (Lipinski definition) is 3. The second-order valence-corrected chi connectivity index (χ2v) is 6.84. The molecule has 0 rings (SSSR count). The largest absolute Gasteiger partial charge is 0.469 e. The predicted molar refractivity (Wildman–Crippen MR) is 109 cm³/mol. The minimum atomic E-state index is -0.0787. The number of rotatable bonds is 18. The van der Waals surface area contributed by atoms with Gasteiger partial charge in [-0.1, -0.05) is 64.2 Å². The van der Waals surface area contributed by atoms with Crippen LogP contribution >= 0.6 is 0 Å². The zero-order valence-electron chi connectivity index (χ0n) is 16.8. The summed E-state index contributed by atoms with van der Waals surface area (Å²) in [7, 11) is 1.46. The van der Waals surface area contributed by atoms with Gasteiger partial charge in [0.25, 0.3) is 0 Å². The maximum atomic E-state index is 11.0. The first-order chi connectivity index (χ1) is 12.2. The number of methoxy groups -OCH3 is 1.